The van der Waals surface area contributed by atoms with Crippen LogP contribution in [-0.2, 0) is 35.4 Å². The Morgan fingerprint density at radius 1 is 1.09 bits per heavy atom. The van der Waals surface area contributed by atoms with Crippen molar-refractivity contribution < 1.29 is 27.0 Å². The fourth-order valence-corrected chi connectivity index (χ4v) is 8.93. The molecular weight excluding hydrogens is 746 g/mol. The molecular formula is C39H47F3N10O3S. The first-order valence-electron chi connectivity index (χ1n) is 18.9. The van der Waals surface area contributed by atoms with E-state index in [1.165, 1.54) is 10.5 Å². The van der Waals surface area contributed by atoms with Gasteiger partial charge in [0.2, 0.25) is 5.95 Å². The molecule has 2 unspecified atom stereocenters. The average Bonchev–Trinajstić information content (AvgIpc) is 3.52. The van der Waals surface area contributed by atoms with E-state index in [4.69, 9.17) is 0 Å². The lowest BCUT2D eigenvalue weighted by molar-refractivity contribution is -0.138. The lowest BCUT2D eigenvalue weighted by Gasteiger charge is -2.34. The smallest absolute Gasteiger partial charge is 0.351 e. The lowest BCUT2D eigenvalue weighted by atomic mass is 9.88. The molecule has 6 rings (SSSR count). The van der Waals surface area contributed by atoms with E-state index in [1.807, 2.05) is 23.5 Å². The number of hydrogen-bond donors (Lipinski definition) is 2. The molecule has 2 saturated heterocycles. The highest BCUT2D eigenvalue weighted by Gasteiger charge is 2.32. The summed E-state index contributed by atoms with van der Waals surface area (Å²) in [6, 6.07) is 13.6. The van der Waals surface area contributed by atoms with Gasteiger partial charge in [-0.05, 0) is 98.5 Å². The minimum Gasteiger partial charge on any atom is -0.351 e. The van der Waals surface area contributed by atoms with Gasteiger partial charge in [-0.25, -0.2) is 23.3 Å². The fraction of sp³-hybridized carbons (Fsp3) is 0.487. The van der Waals surface area contributed by atoms with Crippen molar-refractivity contribution >= 4 is 46.0 Å². The second kappa shape index (κ2) is 17.9. The summed E-state index contributed by atoms with van der Waals surface area (Å²) in [5.41, 5.74) is 2.71. The first-order chi connectivity index (χ1) is 26.9. The van der Waals surface area contributed by atoms with E-state index < -0.39 is 22.7 Å². The molecule has 2 aromatic carbocycles. The summed E-state index contributed by atoms with van der Waals surface area (Å²) in [6.07, 6.45) is 1.93. The average molecular weight is 793 g/mol. The minimum atomic E-state index is -4.50. The molecule has 2 N–H and O–H groups in total. The molecule has 56 heavy (non-hydrogen) atoms. The number of piperidine rings is 2. The second-order valence-corrected chi connectivity index (χ2v) is 16.1. The van der Waals surface area contributed by atoms with E-state index >= 15 is 0 Å². The van der Waals surface area contributed by atoms with Crippen LogP contribution < -0.4 is 15.5 Å². The maximum absolute atomic E-state index is 13.7. The Labute approximate surface area is 326 Å². The van der Waals surface area contributed by atoms with Crippen LogP contribution in [0.2, 0.25) is 0 Å². The number of halogens is 3. The highest BCUT2D eigenvalue weighted by Crippen LogP contribution is 2.34. The monoisotopic (exact) mass is 792 g/mol. The van der Waals surface area contributed by atoms with Crippen LogP contribution >= 0.6 is 0 Å². The van der Waals surface area contributed by atoms with Crippen molar-refractivity contribution in [3.05, 3.63) is 71.0 Å². The number of alkyl halides is 3. The van der Waals surface area contributed by atoms with E-state index in [1.54, 1.807) is 23.9 Å². The fourth-order valence-electron chi connectivity index (χ4n) is 7.66. The van der Waals surface area contributed by atoms with Crippen molar-refractivity contribution in [1.82, 2.24) is 34.3 Å². The summed E-state index contributed by atoms with van der Waals surface area (Å²) in [7, 11) is 1.99. The number of carbonyl (C=O) groups is 2. The first-order valence-corrected chi connectivity index (χ1v) is 20.0. The normalized spacial score (nSPS) is 17.3. The summed E-state index contributed by atoms with van der Waals surface area (Å²) in [5.74, 6) is 1.29. The Morgan fingerprint density at radius 2 is 1.80 bits per heavy atom. The Hall–Kier alpha value is -4.92. The molecule has 2 aliphatic heterocycles. The molecule has 2 fully saturated rings. The summed E-state index contributed by atoms with van der Waals surface area (Å²) in [4.78, 5) is 35.9. The maximum Gasteiger partial charge on any atom is 0.419 e. The second-order valence-electron chi connectivity index (χ2n) is 14.6. The predicted octanol–water partition coefficient (Wildman–Crippen LogP) is 5.65. The van der Waals surface area contributed by atoms with Crippen molar-refractivity contribution in [1.29, 1.82) is 5.26 Å². The maximum atomic E-state index is 13.7. The zero-order chi connectivity index (χ0) is 40.0. The van der Waals surface area contributed by atoms with E-state index in [-0.39, 0.29) is 36.9 Å². The van der Waals surface area contributed by atoms with Crippen LogP contribution in [0.5, 0.6) is 0 Å². The van der Waals surface area contributed by atoms with Gasteiger partial charge >= 0.3 is 12.2 Å². The van der Waals surface area contributed by atoms with Crippen molar-refractivity contribution in [2.45, 2.75) is 68.5 Å². The van der Waals surface area contributed by atoms with Crippen molar-refractivity contribution in [3.63, 3.8) is 0 Å². The molecule has 4 heterocycles. The van der Waals surface area contributed by atoms with Crippen LogP contribution in [0.25, 0.3) is 10.9 Å². The summed E-state index contributed by atoms with van der Waals surface area (Å²) < 4.78 is 55.9. The molecule has 4 aromatic rings. The molecule has 298 valence electrons. The lowest BCUT2D eigenvalue weighted by Crippen LogP contribution is -2.40. The first kappa shape index (κ1) is 40.7. The van der Waals surface area contributed by atoms with Gasteiger partial charge in [-0.2, -0.15) is 23.5 Å². The molecule has 2 amide bonds. The third-order valence-electron chi connectivity index (χ3n) is 10.6. The van der Waals surface area contributed by atoms with Crippen LogP contribution in [0, 0.1) is 17.2 Å². The molecule has 2 aliphatic rings. The number of nitrogens with one attached hydrogen (secondary N) is 2. The number of rotatable bonds is 13. The number of aldehydes is 1. The van der Waals surface area contributed by atoms with Crippen LogP contribution in [0.4, 0.5) is 29.7 Å². The number of anilines is 2. The third kappa shape index (κ3) is 9.54. The number of carbonyl (C=O) groups excluding carboxylic acids is 2. The zero-order valence-corrected chi connectivity index (χ0v) is 32.6. The third-order valence-corrected chi connectivity index (χ3v) is 12.1. The number of nitrogens with zero attached hydrogens (tertiary/aromatic N) is 8. The van der Waals surface area contributed by atoms with Crippen molar-refractivity contribution in [2.75, 3.05) is 56.5 Å². The van der Waals surface area contributed by atoms with E-state index in [9.17, 15) is 32.2 Å². The molecule has 0 bridgehead atoms. The van der Waals surface area contributed by atoms with Crippen molar-refractivity contribution in [2.24, 2.45) is 13.0 Å². The van der Waals surface area contributed by atoms with Crippen LogP contribution in [0.1, 0.15) is 67.2 Å². The number of nitriles is 1. The van der Waals surface area contributed by atoms with Gasteiger partial charge in [0.1, 0.15) is 17.3 Å². The number of likely N-dealkylation sites (tertiary alicyclic amines) is 1. The number of fused-ring (bicyclic) bond motifs is 1. The number of hydrogen-bond acceptors (Lipinski definition) is 9. The Balaban J connectivity index is 1.01. The van der Waals surface area contributed by atoms with Crippen molar-refractivity contribution in [3.8, 4) is 6.07 Å². The Bertz CT molecular complexity index is 2070. The predicted molar refractivity (Wildman–Crippen MR) is 207 cm³/mol. The van der Waals surface area contributed by atoms with Gasteiger partial charge in [0, 0.05) is 70.5 Å². The molecule has 2 atom stereocenters. The van der Waals surface area contributed by atoms with Gasteiger partial charge < -0.3 is 20.3 Å². The van der Waals surface area contributed by atoms with Gasteiger partial charge in [0.25, 0.3) is 0 Å². The van der Waals surface area contributed by atoms with Crippen LogP contribution in [-0.4, -0.2) is 97.8 Å². The van der Waals surface area contributed by atoms with Crippen LogP contribution in [0.15, 0.2) is 53.7 Å². The summed E-state index contributed by atoms with van der Waals surface area (Å²) in [6.45, 7) is 6.19. The van der Waals surface area contributed by atoms with Gasteiger partial charge in [-0.15, -0.1) is 0 Å². The molecule has 13 nitrogen and oxygen atoms in total. The number of amides is 2. The minimum absolute atomic E-state index is 0.0614. The largest absolute Gasteiger partial charge is 0.419 e. The van der Waals surface area contributed by atoms with E-state index in [0.717, 1.165) is 67.6 Å². The Kier molecular flexibility index (Phi) is 13.0. The molecule has 17 heteroatoms. The van der Waals surface area contributed by atoms with E-state index in [2.05, 4.69) is 55.7 Å². The number of aryl methyl sites for hydroxylation is 1. The topological polar surface area (TPSA) is 152 Å². The summed E-state index contributed by atoms with van der Waals surface area (Å²) in [5, 5.41) is 21.1. The zero-order valence-electron chi connectivity index (χ0n) is 31.8. The van der Waals surface area contributed by atoms with Crippen LogP contribution in [0.3, 0.4) is 0 Å². The highest BCUT2D eigenvalue weighted by molar-refractivity contribution is 7.82. The highest BCUT2D eigenvalue weighted by atomic mass is 32.2. The number of urea groups is 1. The Morgan fingerprint density at radius 3 is 2.45 bits per heavy atom. The summed E-state index contributed by atoms with van der Waals surface area (Å²) >= 11 is 0. The molecule has 0 saturated carbocycles. The van der Waals surface area contributed by atoms with Gasteiger partial charge in [0.15, 0.2) is 5.82 Å². The van der Waals surface area contributed by atoms with Gasteiger partial charge in [0.05, 0.1) is 27.6 Å². The molecule has 0 spiro atoms. The SMILES string of the molecule is CNC(=O)N(CCC=O)c1nn(C)c2cc(C3CCN(CC(C)Cc4cc(S(=O)N5CCC(Nc6ncc(C(F)(F)F)cn6)CC5)ccc4C#N)CC3)ccc12. The molecule has 2 aromatic heterocycles. The van der Waals surface area contributed by atoms with Gasteiger partial charge in [-0.3, -0.25) is 9.58 Å². The molecule has 0 radical (unpaired) electrons. The van der Waals surface area contributed by atoms with E-state index in [0.29, 0.717) is 54.5 Å². The molecule has 0 aliphatic carbocycles. The van der Waals surface area contributed by atoms with Gasteiger partial charge in [-0.1, -0.05) is 13.0 Å². The number of benzene rings is 2. The number of aromatic nitrogens is 4. The standard InChI is InChI=1S/C39H47F3N10O3S/c1-26(25-50-14-9-27(10-15-50)28-6-8-34-35(21-28)49(3)48-36(34)52(13-4-18-53)38(54)44-2)19-30-20-33(7-5-29(30)22-43)56(55)51-16-11-32(12-17-51)47-37-45-23-31(24-46-37)39(40,41)42/h5-8,18,20-21,23-24,26-27,32H,4,9-17,19,25H2,1-3H3,(H,44,54)(H,45,46,47). The quantitative estimate of drug-likeness (QED) is 0.164.